The van der Waals surface area contributed by atoms with Crippen molar-refractivity contribution in [2.45, 2.75) is 32.6 Å². The highest BCUT2D eigenvalue weighted by molar-refractivity contribution is 4.31. The first-order valence-electron chi connectivity index (χ1n) is 3.23. The van der Waals surface area contributed by atoms with Crippen LogP contribution in [0.25, 0.3) is 0 Å². The fraction of sp³-hybridized carbons (Fsp3) is 1.00. The summed E-state index contributed by atoms with van der Waals surface area (Å²) < 4.78 is 49.9. The van der Waals surface area contributed by atoms with Gasteiger partial charge in [0.15, 0.2) is 0 Å². The van der Waals surface area contributed by atoms with Gasteiger partial charge in [-0.05, 0) is 6.42 Å². The Morgan fingerprint density at radius 2 is 1.36 bits per heavy atom. The number of halogens is 5. The highest BCUT2D eigenvalue weighted by Gasteiger charge is 2.24. The summed E-state index contributed by atoms with van der Waals surface area (Å²) in [5.41, 5.74) is 0. The van der Waals surface area contributed by atoms with Gasteiger partial charge in [-0.25, -0.2) is 0 Å². The molecular formula is C6H11F5. The lowest BCUT2D eigenvalue weighted by Gasteiger charge is -1.84. The Morgan fingerprint density at radius 3 is 1.45 bits per heavy atom. The number of hydrogen-bond acceptors (Lipinski definition) is 0. The van der Waals surface area contributed by atoms with Crippen molar-refractivity contribution in [1.29, 1.82) is 0 Å². The maximum Gasteiger partial charge on any atom is 0.559 e. The molecule has 70 valence electrons. The fourth-order valence-electron chi connectivity index (χ4n) is 0.344. The van der Waals surface area contributed by atoms with Crippen LogP contribution in [0.5, 0.6) is 0 Å². The molecule has 0 nitrogen and oxygen atoms in total. The van der Waals surface area contributed by atoms with E-state index in [1.54, 1.807) is 0 Å². The van der Waals surface area contributed by atoms with Crippen molar-refractivity contribution >= 4 is 0 Å². The molecule has 0 aromatic carbocycles. The molecule has 0 saturated heterocycles. The van der Waals surface area contributed by atoms with E-state index in [1.165, 1.54) is 0 Å². The number of hydrogen-bond donors (Lipinski definition) is 0. The second-order valence-electron chi connectivity index (χ2n) is 1.82. The zero-order chi connectivity index (χ0) is 9.33. The van der Waals surface area contributed by atoms with E-state index in [-0.39, 0.29) is 6.67 Å². The summed E-state index contributed by atoms with van der Waals surface area (Å²) in [6, 6.07) is 0. The molecule has 0 spiro atoms. The van der Waals surface area contributed by atoms with Gasteiger partial charge in [-0.15, -0.1) is 17.6 Å². The zero-order valence-corrected chi connectivity index (χ0v) is 6.22. The third-order valence-electron chi connectivity index (χ3n) is 0.737. The lowest BCUT2D eigenvalue weighted by Crippen LogP contribution is -1.92. The predicted molar refractivity (Wildman–Crippen MR) is 32.7 cm³/mol. The highest BCUT2D eigenvalue weighted by Crippen LogP contribution is 2.13. The lowest BCUT2D eigenvalue weighted by molar-refractivity contribution is -0.237. The van der Waals surface area contributed by atoms with Gasteiger partial charge in [0.25, 0.3) is 0 Å². The van der Waals surface area contributed by atoms with E-state index in [2.05, 4.69) is 6.92 Å². The van der Waals surface area contributed by atoms with E-state index in [9.17, 15) is 22.0 Å². The van der Waals surface area contributed by atoms with Gasteiger partial charge in [-0.3, -0.25) is 4.39 Å². The first kappa shape index (κ1) is 13.3. The Balaban J connectivity index is 0. The van der Waals surface area contributed by atoms with Crippen molar-refractivity contribution in [3.8, 4) is 0 Å². The molecule has 0 fully saturated rings. The molecule has 5 heteroatoms. The van der Waals surface area contributed by atoms with Gasteiger partial charge in [-0.1, -0.05) is 19.8 Å². The lowest BCUT2D eigenvalue weighted by atomic mass is 10.3. The van der Waals surface area contributed by atoms with E-state index in [1.807, 2.05) is 0 Å². The summed E-state index contributed by atoms with van der Waals surface area (Å²) in [7, 11) is 0. The monoisotopic (exact) mass is 178 g/mol. The van der Waals surface area contributed by atoms with Crippen molar-refractivity contribution in [2.75, 3.05) is 6.67 Å². The molecule has 0 amide bonds. The van der Waals surface area contributed by atoms with Crippen molar-refractivity contribution in [3.05, 3.63) is 0 Å². The van der Waals surface area contributed by atoms with Crippen molar-refractivity contribution < 1.29 is 22.0 Å². The van der Waals surface area contributed by atoms with Crippen molar-refractivity contribution in [1.82, 2.24) is 0 Å². The number of unbranched alkanes of at least 4 members (excludes halogenated alkanes) is 2. The Labute approximate surface area is 62.4 Å². The Bertz CT molecular complexity index is 57.9. The van der Waals surface area contributed by atoms with Crippen LogP contribution in [0, 0.1) is 0 Å². The minimum atomic E-state index is -5.50. The molecule has 0 radical (unpaired) electrons. The summed E-state index contributed by atoms with van der Waals surface area (Å²) in [6.45, 7) is 1.92. The van der Waals surface area contributed by atoms with Gasteiger partial charge in [-0.2, -0.15) is 0 Å². The molecule has 0 aromatic rings. The summed E-state index contributed by atoms with van der Waals surface area (Å²) in [4.78, 5) is 0. The quantitative estimate of drug-likeness (QED) is 0.457. The normalized spacial score (nSPS) is 10.4. The predicted octanol–water partition coefficient (Wildman–Crippen LogP) is 3.62. The van der Waals surface area contributed by atoms with Gasteiger partial charge in [0, 0.05) is 0 Å². The second-order valence-corrected chi connectivity index (χ2v) is 1.82. The van der Waals surface area contributed by atoms with Crippen LogP contribution in [0.2, 0.25) is 0 Å². The maximum atomic E-state index is 11.2. The number of rotatable bonds is 3. The molecule has 0 heterocycles. The van der Waals surface area contributed by atoms with Crippen LogP contribution in [0.3, 0.4) is 0 Å². The van der Waals surface area contributed by atoms with E-state index in [0.29, 0.717) is 0 Å². The molecule has 0 rings (SSSR count). The second kappa shape index (κ2) is 7.75. The van der Waals surface area contributed by atoms with Crippen LogP contribution in [-0.4, -0.2) is 13.1 Å². The average molecular weight is 178 g/mol. The summed E-state index contributed by atoms with van der Waals surface area (Å²) >= 11 is 0. The molecule has 0 aliphatic carbocycles. The van der Waals surface area contributed by atoms with E-state index in [0.717, 1.165) is 19.3 Å². The van der Waals surface area contributed by atoms with Crippen LogP contribution in [-0.2, 0) is 0 Å². The minimum absolute atomic E-state index is 0.145. The molecule has 0 bridgehead atoms. The van der Waals surface area contributed by atoms with Crippen molar-refractivity contribution in [3.63, 3.8) is 0 Å². The first-order valence-corrected chi connectivity index (χ1v) is 3.23. The molecule has 0 saturated carbocycles. The Morgan fingerprint density at radius 1 is 1.00 bits per heavy atom. The van der Waals surface area contributed by atoms with Gasteiger partial charge >= 0.3 is 6.43 Å². The SMILES string of the molecule is CCCCCF.FC(F)(F)F. The van der Waals surface area contributed by atoms with Gasteiger partial charge < -0.3 is 0 Å². The third-order valence-corrected chi connectivity index (χ3v) is 0.737. The van der Waals surface area contributed by atoms with Gasteiger partial charge in [0.2, 0.25) is 0 Å². The standard InChI is InChI=1S/C5H11F.CF4/c1-2-3-4-5-6;2-1(3,4)5/h2-5H2,1H3;. The fourth-order valence-corrected chi connectivity index (χ4v) is 0.344. The highest BCUT2D eigenvalue weighted by atomic mass is 19.5. The molecule has 0 unspecified atom stereocenters. The van der Waals surface area contributed by atoms with Crippen LogP contribution in [0.15, 0.2) is 0 Å². The maximum absolute atomic E-state index is 11.2. The van der Waals surface area contributed by atoms with Gasteiger partial charge in [0.1, 0.15) is 0 Å². The molecular weight excluding hydrogens is 167 g/mol. The third kappa shape index (κ3) is 80.4. The topological polar surface area (TPSA) is 0 Å². The molecule has 0 atom stereocenters. The molecule has 0 aromatic heterocycles. The van der Waals surface area contributed by atoms with E-state index in [4.69, 9.17) is 0 Å². The number of alkyl halides is 5. The van der Waals surface area contributed by atoms with E-state index >= 15 is 0 Å². The first-order chi connectivity index (χ1) is 4.91. The largest absolute Gasteiger partial charge is 0.559 e. The molecule has 0 aliphatic rings. The van der Waals surface area contributed by atoms with E-state index < -0.39 is 6.43 Å². The smallest absolute Gasteiger partial charge is 0.251 e. The zero-order valence-electron chi connectivity index (χ0n) is 6.22. The summed E-state index contributed by atoms with van der Waals surface area (Å²) in [6.07, 6.45) is -2.60. The summed E-state index contributed by atoms with van der Waals surface area (Å²) in [5.74, 6) is 0. The van der Waals surface area contributed by atoms with Crippen LogP contribution < -0.4 is 0 Å². The molecule has 0 aliphatic heterocycles. The minimum Gasteiger partial charge on any atom is -0.251 e. The van der Waals surface area contributed by atoms with Crippen LogP contribution >= 0.6 is 0 Å². The average Bonchev–Trinajstić information content (AvgIpc) is 1.79. The van der Waals surface area contributed by atoms with Crippen molar-refractivity contribution in [2.24, 2.45) is 0 Å². The Hall–Kier alpha value is -0.350. The summed E-state index contributed by atoms with van der Waals surface area (Å²) in [5, 5.41) is 0. The molecule has 11 heavy (non-hydrogen) atoms. The molecule has 0 N–H and O–H groups in total. The Kier molecular flexibility index (Phi) is 9.34. The van der Waals surface area contributed by atoms with Crippen LogP contribution in [0.1, 0.15) is 26.2 Å². The van der Waals surface area contributed by atoms with Crippen LogP contribution in [0.4, 0.5) is 22.0 Å². The van der Waals surface area contributed by atoms with Gasteiger partial charge in [0.05, 0.1) is 6.67 Å².